The van der Waals surface area contributed by atoms with Crippen LogP contribution in [0.15, 0.2) is 29.6 Å². The Morgan fingerprint density at radius 3 is 2.75 bits per heavy atom. The van der Waals surface area contributed by atoms with Gasteiger partial charge in [0.1, 0.15) is 0 Å². The van der Waals surface area contributed by atoms with Crippen LogP contribution < -0.4 is 5.32 Å². The van der Waals surface area contributed by atoms with E-state index in [-0.39, 0.29) is 17.4 Å². The number of hydrogen-bond acceptors (Lipinski definition) is 4. The second-order valence-electron chi connectivity index (χ2n) is 7.99. The summed E-state index contributed by atoms with van der Waals surface area (Å²) in [4.78, 5) is 32.3. The smallest absolute Gasteiger partial charge is 0.254 e. The minimum atomic E-state index is -0.351. The number of fused-ring (bicyclic) bond motifs is 1. The van der Waals surface area contributed by atoms with Crippen molar-refractivity contribution in [2.45, 2.75) is 64.0 Å². The van der Waals surface area contributed by atoms with Gasteiger partial charge in [-0.15, -0.1) is 11.3 Å². The Balaban J connectivity index is 1.43. The molecule has 0 radical (unpaired) electrons. The molecule has 6 heteroatoms. The number of rotatable bonds is 6. The van der Waals surface area contributed by atoms with Crippen LogP contribution in [-0.4, -0.2) is 33.8 Å². The fourth-order valence-electron chi connectivity index (χ4n) is 4.58. The molecule has 2 aliphatic rings. The molecule has 5 nitrogen and oxygen atoms in total. The zero-order chi connectivity index (χ0) is 19.6. The van der Waals surface area contributed by atoms with E-state index in [1.807, 2.05) is 41.5 Å². The largest absolute Gasteiger partial charge is 0.356 e. The summed E-state index contributed by atoms with van der Waals surface area (Å²) in [5, 5.41) is 6.15. The molecular formula is C22H27N3O2S. The quantitative estimate of drug-likeness (QED) is 0.805. The molecule has 0 atom stereocenters. The number of nitrogens with one attached hydrogen (secondary N) is 1. The van der Waals surface area contributed by atoms with Gasteiger partial charge in [0, 0.05) is 42.6 Å². The van der Waals surface area contributed by atoms with Gasteiger partial charge in [0.15, 0.2) is 0 Å². The number of carbonyl (C=O) groups is 2. The maximum atomic E-state index is 13.1. The van der Waals surface area contributed by atoms with Crippen molar-refractivity contribution in [3.05, 3.63) is 51.5 Å². The zero-order valence-corrected chi connectivity index (χ0v) is 17.2. The van der Waals surface area contributed by atoms with Crippen LogP contribution in [0.3, 0.4) is 0 Å². The van der Waals surface area contributed by atoms with Crippen molar-refractivity contribution in [3.63, 3.8) is 0 Å². The van der Waals surface area contributed by atoms with Crippen LogP contribution in [0.4, 0.5) is 0 Å². The van der Waals surface area contributed by atoms with E-state index in [2.05, 4.69) is 10.3 Å². The summed E-state index contributed by atoms with van der Waals surface area (Å²) < 4.78 is 0. The van der Waals surface area contributed by atoms with Crippen LogP contribution >= 0.6 is 11.3 Å². The van der Waals surface area contributed by atoms with Crippen molar-refractivity contribution >= 4 is 23.2 Å². The van der Waals surface area contributed by atoms with E-state index in [1.165, 1.54) is 6.42 Å². The minimum Gasteiger partial charge on any atom is -0.356 e. The zero-order valence-electron chi connectivity index (χ0n) is 16.4. The molecule has 1 aromatic heterocycles. The maximum absolute atomic E-state index is 13.1. The van der Waals surface area contributed by atoms with Crippen LogP contribution in [0.1, 0.15) is 65.1 Å². The molecule has 2 amide bonds. The topological polar surface area (TPSA) is 62.3 Å². The summed E-state index contributed by atoms with van der Waals surface area (Å²) in [7, 11) is 0. The highest BCUT2D eigenvalue weighted by atomic mass is 32.1. The third-order valence-electron chi connectivity index (χ3n) is 6.00. The lowest BCUT2D eigenvalue weighted by Crippen LogP contribution is -2.52. The number of amides is 2. The lowest BCUT2D eigenvalue weighted by atomic mass is 9.77. The molecule has 1 N–H and O–H groups in total. The van der Waals surface area contributed by atoms with Gasteiger partial charge in [-0.2, -0.15) is 0 Å². The normalized spacial score (nSPS) is 18.2. The molecule has 0 bridgehead atoms. The summed E-state index contributed by atoms with van der Waals surface area (Å²) in [6, 6.07) is 7.83. The van der Waals surface area contributed by atoms with Crippen molar-refractivity contribution in [2.75, 3.05) is 6.54 Å². The SMILES string of the molecule is Cc1csc(CCNC(=O)CC2(N3Cc4ccccc4C3=O)CCCCC2)n1. The molecule has 2 heterocycles. The van der Waals surface area contributed by atoms with Gasteiger partial charge in [0.25, 0.3) is 5.91 Å². The molecule has 0 spiro atoms. The van der Waals surface area contributed by atoms with Gasteiger partial charge in [-0.25, -0.2) is 4.98 Å². The highest BCUT2D eigenvalue weighted by Gasteiger charge is 2.45. The molecule has 28 heavy (non-hydrogen) atoms. The first kappa shape index (κ1) is 19.1. The van der Waals surface area contributed by atoms with Crippen molar-refractivity contribution in [2.24, 2.45) is 0 Å². The molecule has 0 unspecified atom stereocenters. The number of thiazole rings is 1. The molecule has 4 rings (SSSR count). The average Bonchev–Trinajstić information content (AvgIpc) is 3.26. The van der Waals surface area contributed by atoms with Gasteiger partial charge in [-0.1, -0.05) is 37.5 Å². The molecule has 1 aromatic carbocycles. The van der Waals surface area contributed by atoms with Gasteiger partial charge in [-0.3, -0.25) is 9.59 Å². The average molecular weight is 398 g/mol. The summed E-state index contributed by atoms with van der Waals surface area (Å²) in [6.45, 7) is 3.20. The van der Waals surface area contributed by atoms with Gasteiger partial charge >= 0.3 is 0 Å². The van der Waals surface area contributed by atoms with Crippen LogP contribution in [0, 0.1) is 6.92 Å². The van der Waals surface area contributed by atoms with E-state index in [1.54, 1.807) is 11.3 Å². The van der Waals surface area contributed by atoms with Crippen molar-refractivity contribution in [1.82, 2.24) is 15.2 Å². The van der Waals surface area contributed by atoms with Gasteiger partial charge in [0.2, 0.25) is 5.91 Å². The van der Waals surface area contributed by atoms with Crippen molar-refractivity contribution in [3.8, 4) is 0 Å². The van der Waals surface area contributed by atoms with E-state index in [4.69, 9.17) is 0 Å². The standard InChI is InChI=1S/C22H27N3O2S/c1-16-15-28-20(24-16)9-12-23-19(26)13-22(10-5-2-6-11-22)25-14-17-7-3-4-8-18(17)21(25)27/h3-4,7-8,15H,2,5-6,9-14H2,1H3,(H,23,26). The summed E-state index contributed by atoms with van der Waals surface area (Å²) in [6.07, 6.45) is 6.30. The number of aryl methyl sites for hydroxylation is 1. The number of benzene rings is 1. The predicted octanol–water partition coefficient (Wildman–Crippen LogP) is 3.86. The molecule has 1 aliphatic carbocycles. The summed E-state index contributed by atoms with van der Waals surface area (Å²) >= 11 is 1.63. The molecule has 148 valence electrons. The molecular weight excluding hydrogens is 370 g/mol. The Labute approximate surface area is 170 Å². The van der Waals surface area contributed by atoms with E-state index >= 15 is 0 Å². The fraction of sp³-hybridized carbons (Fsp3) is 0.500. The molecule has 1 aliphatic heterocycles. The number of nitrogens with zero attached hydrogens (tertiary/aromatic N) is 2. The van der Waals surface area contributed by atoms with Crippen molar-refractivity contribution < 1.29 is 9.59 Å². The monoisotopic (exact) mass is 397 g/mol. The van der Waals surface area contributed by atoms with Crippen LogP contribution in [0.5, 0.6) is 0 Å². The molecule has 0 saturated heterocycles. The Morgan fingerprint density at radius 2 is 2.04 bits per heavy atom. The van der Waals surface area contributed by atoms with E-state index in [0.717, 1.165) is 53.9 Å². The molecule has 2 aromatic rings. The van der Waals surface area contributed by atoms with Gasteiger partial charge < -0.3 is 10.2 Å². The maximum Gasteiger partial charge on any atom is 0.254 e. The van der Waals surface area contributed by atoms with Gasteiger partial charge in [0.05, 0.1) is 10.5 Å². The van der Waals surface area contributed by atoms with E-state index in [9.17, 15) is 9.59 Å². The fourth-order valence-corrected chi connectivity index (χ4v) is 5.35. The highest BCUT2D eigenvalue weighted by Crippen LogP contribution is 2.41. The van der Waals surface area contributed by atoms with E-state index in [0.29, 0.717) is 19.5 Å². The molecule has 1 fully saturated rings. The van der Waals surface area contributed by atoms with Crippen molar-refractivity contribution in [1.29, 1.82) is 0 Å². The summed E-state index contributed by atoms with van der Waals surface area (Å²) in [5.74, 6) is 0.127. The molecule has 1 saturated carbocycles. The lowest BCUT2D eigenvalue weighted by molar-refractivity contribution is -0.124. The Hall–Kier alpha value is -2.21. The van der Waals surface area contributed by atoms with Crippen LogP contribution in [0.25, 0.3) is 0 Å². The number of aromatic nitrogens is 1. The number of carbonyl (C=O) groups excluding carboxylic acids is 2. The van der Waals surface area contributed by atoms with Gasteiger partial charge in [-0.05, 0) is 31.4 Å². The van der Waals surface area contributed by atoms with Crippen LogP contribution in [0.2, 0.25) is 0 Å². The lowest BCUT2D eigenvalue weighted by Gasteiger charge is -2.44. The first-order valence-electron chi connectivity index (χ1n) is 10.1. The highest BCUT2D eigenvalue weighted by molar-refractivity contribution is 7.09. The first-order valence-corrected chi connectivity index (χ1v) is 11.0. The third-order valence-corrected chi connectivity index (χ3v) is 7.02. The Kier molecular flexibility index (Phi) is 5.49. The predicted molar refractivity (Wildman–Crippen MR) is 110 cm³/mol. The summed E-state index contributed by atoms with van der Waals surface area (Å²) in [5.41, 5.74) is 2.56. The second-order valence-corrected chi connectivity index (χ2v) is 8.94. The van der Waals surface area contributed by atoms with Crippen LogP contribution in [-0.2, 0) is 17.8 Å². The second kappa shape index (κ2) is 8.03. The number of hydrogen-bond donors (Lipinski definition) is 1. The first-order chi connectivity index (χ1) is 13.6. The Bertz CT molecular complexity index is 870. The van der Waals surface area contributed by atoms with E-state index < -0.39 is 0 Å². The third kappa shape index (κ3) is 3.83. The Morgan fingerprint density at radius 1 is 1.25 bits per heavy atom. The minimum absolute atomic E-state index is 0.0407.